The van der Waals surface area contributed by atoms with E-state index in [0.29, 0.717) is 6.61 Å². The summed E-state index contributed by atoms with van der Waals surface area (Å²) >= 11 is -0.1000. The Morgan fingerprint density at radius 3 is 2.00 bits per heavy atom. The van der Waals surface area contributed by atoms with Gasteiger partial charge in [0.05, 0.1) is 0 Å². The fraction of sp³-hybridized carbons (Fsp3) is 1.00. The quantitative estimate of drug-likeness (QED) is 0.690. The maximum atomic E-state index is 8.42. The number of hydrogen-bond acceptors (Lipinski definition) is 2. The molecular formula is C4H11InO2. The van der Waals surface area contributed by atoms with Crippen molar-refractivity contribution >= 4 is 24.4 Å². The van der Waals surface area contributed by atoms with Crippen LogP contribution in [0, 0.1) is 0 Å². The van der Waals surface area contributed by atoms with E-state index in [1.807, 2.05) is 0 Å². The minimum absolute atomic E-state index is 0.1000. The van der Waals surface area contributed by atoms with Crippen LogP contribution in [-0.2, 0) is 2.85 Å². The van der Waals surface area contributed by atoms with E-state index in [1.54, 1.807) is 0 Å². The molecule has 0 aromatic carbocycles. The van der Waals surface area contributed by atoms with Gasteiger partial charge in [-0.3, -0.25) is 0 Å². The van der Waals surface area contributed by atoms with Crippen molar-refractivity contribution in [1.29, 1.82) is 0 Å². The summed E-state index contributed by atoms with van der Waals surface area (Å²) in [7, 11) is 0. The van der Waals surface area contributed by atoms with Crippen LogP contribution in [0.1, 0.15) is 19.8 Å². The van der Waals surface area contributed by atoms with E-state index in [4.69, 9.17) is 7.96 Å². The zero-order chi connectivity index (χ0) is 6.12. The number of aliphatic hydroxyl groups is 1. The van der Waals surface area contributed by atoms with Gasteiger partial charge in [0.15, 0.2) is 0 Å². The second kappa shape index (κ2) is 15.9. The Bertz CT molecular complexity index is 23.7. The van der Waals surface area contributed by atoms with Crippen LogP contribution in [0.5, 0.6) is 0 Å². The first-order valence-electron chi connectivity index (χ1n) is 2.31. The summed E-state index contributed by atoms with van der Waals surface area (Å²) in [5, 5.41) is 8.07. The monoisotopic (exact) mass is 206 g/mol. The van der Waals surface area contributed by atoms with Crippen LogP contribution < -0.4 is 0 Å². The maximum absolute atomic E-state index is 8.42. The molecule has 0 fully saturated rings. The molecule has 3 heteroatoms. The molecule has 7 heavy (non-hydrogen) atoms. The number of aliphatic hydroxyl groups excluding tert-OH is 1. The van der Waals surface area contributed by atoms with Crippen molar-refractivity contribution in [2.75, 3.05) is 6.61 Å². The molecule has 2 nitrogen and oxygen atoms in total. The molecule has 0 spiro atoms. The molecular weight excluding hydrogens is 195 g/mol. The van der Waals surface area contributed by atoms with Crippen LogP contribution in [0.15, 0.2) is 0 Å². The van der Waals surface area contributed by atoms with Crippen molar-refractivity contribution in [3.05, 3.63) is 0 Å². The molecule has 0 atom stereocenters. The first-order chi connectivity index (χ1) is 3.41. The minimum atomic E-state index is -0.1000. The molecule has 0 aliphatic heterocycles. The summed E-state index contributed by atoms with van der Waals surface area (Å²) in [4.78, 5) is 0. The van der Waals surface area contributed by atoms with Crippen molar-refractivity contribution in [2.45, 2.75) is 19.8 Å². The summed E-state index contributed by atoms with van der Waals surface area (Å²) in [6, 6.07) is 0. The topological polar surface area (TPSA) is 37.3 Å². The van der Waals surface area contributed by atoms with E-state index >= 15 is 0 Å². The Morgan fingerprint density at radius 2 is 2.00 bits per heavy atom. The van der Waals surface area contributed by atoms with E-state index in [2.05, 4.69) is 6.92 Å². The van der Waals surface area contributed by atoms with Crippen LogP contribution in [0.2, 0.25) is 0 Å². The molecule has 0 aromatic heterocycles. The average Bonchev–Trinajstić information content (AvgIpc) is 1.75. The summed E-state index contributed by atoms with van der Waals surface area (Å²) in [6.45, 7) is 2.40. The van der Waals surface area contributed by atoms with Gasteiger partial charge in [-0.05, 0) is 6.42 Å². The van der Waals surface area contributed by atoms with Gasteiger partial charge in [0.2, 0.25) is 0 Å². The third kappa shape index (κ3) is 20.5. The van der Waals surface area contributed by atoms with Crippen LogP contribution in [0.25, 0.3) is 0 Å². The Labute approximate surface area is 58.9 Å². The molecule has 0 saturated carbocycles. The van der Waals surface area contributed by atoms with Crippen molar-refractivity contribution < 1.29 is 7.96 Å². The van der Waals surface area contributed by atoms with Crippen LogP contribution >= 0.6 is 0 Å². The van der Waals surface area contributed by atoms with Crippen molar-refractivity contribution in [3.63, 3.8) is 0 Å². The zero-order valence-electron chi connectivity index (χ0n) is 4.68. The molecule has 0 unspecified atom stereocenters. The summed E-state index contributed by atoms with van der Waals surface area (Å²) in [5.41, 5.74) is 0. The predicted octanol–water partition coefficient (Wildman–Crippen LogP) is 0.0115. The molecule has 0 saturated heterocycles. The second-order valence-electron chi connectivity index (χ2n) is 1.08. The van der Waals surface area contributed by atoms with E-state index in [0.717, 1.165) is 12.8 Å². The van der Waals surface area contributed by atoms with Crippen molar-refractivity contribution in [3.8, 4) is 0 Å². The fourth-order valence-electron chi connectivity index (χ4n) is 0.158. The summed E-state index contributed by atoms with van der Waals surface area (Å²) in [6.07, 6.45) is 2.04. The molecule has 0 aliphatic rings. The van der Waals surface area contributed by atoms with Gasteiger partial charge in [0, 0.05) is 6.61 Å². The van der Waals surface area contributed by atoms with Gasteiger partial charge in [0.1, 0.15) is 0 Å². The molecule has 42 valence electrons. The Hall–Kier alpha value is 0.630. The Kier molecular flexibility index (Phi) is 24.1. The zero-order valence-corrected chi connectivity index (χ0v) is 8.72. The summed E-state index contributed by atoms with van der Waals surface area (Å²) in [5.74, 6) is 0. The Morgan fingerprint density at radius 1 is 1.57 bits per heavy atom. The van der Waals surface area contributed by atoms with Crippen LogP contribution in [0.4, 0.5) is 0 Å². The molecule has 0 rings (SSSR count). The van der Waals surface area contributed by atoms with Gasteiger partial charge in [-0.25, -0.2) is 0 Å². The fourth-order valence-corrected chi connectivity index (χ4v) is 0.158. The summed E-state index contributed by atoms with van der Waals surface area (Å²) < 4.78 is 8.42. The van der Waals surface area contributed by atoms with Crippen molar-refractivity contribution in [1.82, 2.24) is 0 Å². The van der Waals surface area contributed by atoms with E-state index in [-0.39, 0.29) is 24.4 Å². The van der Waals surface area contributed by atoms with E-state index in [1.165, 1.54) is 0 Å². The molecule has 0 aromatic rings. The molecule has 0 radical (unpaired) electrons. The van der Waals surface area contributed by atoms with Gasteiger partial charge in [-0.2, -0.15) is 0 Å². The van der Waals surface area contributed by atoms with Crippen molar-refractivity contribution in [2.24, 2.45) is 0 Å². The third-order valence-corrected chi connectivity index (χ3v) is 0.512. The molecule has 0 heterocycles. The SMILES string of the molecule is CCCCO.[O]=[InH]. The Balaban J connectivity index is 0. The average molecular weight is 206 g/mol. The van der Waals surface area contributed by atoms with Gasteiger partial charge < -0.3 is 5.11 Å². The van der Waals surface area contributed by atoms with E-state index in [9.17, 15) is 0 Å². The first-order valence-corrected chi connectivity index (χ1v) is 3.96. The molecule has 0 aliphatic carbocycles. The van der Waals surface area contributed by atoms with Crippen LogP contribution in [-0.4, -0.2) is 36.1 Å². The number of rotatable bonds is 2. The van der Waals surface area contributed by atoms with Crippen LogP contribution in [0.3, 0.4) is 0 Å². The van der Waals surface area contributed by atoms with Gasteiger partial charge in [-0.1, -0.05) is 13.3 Å². The second-order valence-corrected chi connectivity index (χ2v) is 1.08. The third-order valence-electron chi connectivity index (χ3n) is 0.512. The van der Waals surface area contributed by atoms with Gasteiger partial charge in [0.25, 0.3) is 0 Å². The number of hydrogen-bond donors (Lipinski definition) is 1. The predicted molar refractivity (Wildman–Crippen MR) is 29.8 cm³/mol. The van der Waals surface area contributed by atoms with E-state index < -0.39 is 0 Å². The first kappa shape index (κ1) is 10.6. The van der Waals surface area contributed by atoms with Gasteiger partial charge >= 0.3 is 27.2 Å². The normalized spacial score (nSPS) is 6.43. The van der Waals surface area contributed by atoms with Gasteiger partial charge in [-0.15, -0.1) is 0 Å². The molecule has 0 bridgehead atoms. The molecule has 0 amide bonds. The number of unbranched alkanes of at least 4 members (excludes halogenated alkanes) is 1. The molecule has 1 N–H and O–H groups in total. The standard InChI is InChI=1S/C4H10O.In.O.H/c1-2-3-4-5;;;/h5H,2-4H2,1H3;;;.